The summed E-state index contributed by atoms with van der Waals surface area (Å²) in [6.07, 6.45) is 11.2. The van der Waals surface area contributed by atoms with Crippen molar-refractivity contribution in [1.82, 2.24) is 5.32 Å². The third-order valence-corrected chi connectivity index (χ3v) is 3.91. The molecule has 0 fully saturated rings. The number of amides is 1. The molecule has 128 valence electrons. The van der Waals surface area contributed by atoms with Gasteiger partial charge in [-0.15, -0.1) is 0 Å². The summed E-state index contributed by atoms with van der Waals surface area (Å²) >= 11 is 0. The van der Waals surface area contributed by atoms with Gasteiger partial charge < -0.3 is 12.7 Å². The molecule has 0 aliphatic heterocycles. The molecule has 7 heteroatoms. The number of nitrogens with one attached hydrogen (secondary N) is 1. The van der Waals surface area contributed by atoms with E-state index in [0.29, 0.717) is 6.42 Å². The Morgan fingerprint density at radius 3 is 1.86 bits per heavy atom. The molecular weight excluding hydrogens is 313 g/mol. The van der Waals surface area contributed by atoms with Crippen molar-refractivity contribution in [2.75, 3.05) is 12.3 Å². The van der Waals surface area contributed by atoms with Crippen LogP contribution in [-0.2, 0) is 14.9 Å². The molecule has 0 rings (SSSR count). The van der Waals surface area contributed by atoms with Crippen molar-refractivity contribution in [3.63, 3.8) is 0 Å². The molecule has 0 heterocycles. The second-order valence-corrected chi connectivity index (χ2v) is 6.79. The van der Waals surface area contributed by atoms with E-state index in [-0.39, 0.29) is 49.4 Å². The summed E-state index contributed by atoms with van der Waals surface area (Å²) in [5, 5.41) is 2.49. The molecule has 0 aromatic heterocycles. The molecule has 5 nitrogen and oxygen atoms in total. The summed E-state index contributed by atoms with van der Waals surface area (Å²) in [4.78, 5) is 11.3. The van der Waals surface area contributed by atoms with Crippen molar-refractivity contribution in [2.24, 2.45) is 0 Å². The Morgan fingerprint density at radius 1 is 0.955 bits per heavy atom. The zero-order valence-electron chi connectivity index (χ0n) is 14.6. The fourth-order valence-electron chi connectivity index (χ4n) is 2.00. The van der Waals surface area contributed by atoms with Crippen LogP contribution in [0.5, 0.6) is 0 Å². The third-order valence-electron chi connectivity index (χ3n) is 3.19. The van der Waals surface area contributed by atoms with Gasteiger partial charge in [-0.05, 0) is 6.42 Å². The molecule has 0 aromatic carbocycles. The van der Waals surface area contributed by atoms with Crippen LogP contribution in [0.15, 0.2) is 0 Å². The molecule has 0 atom stereocenters. The summed E-state index contributed by atoms with van der Waals surface area (Å²) in [5.74, 6) is -0.562. The molecule has 2 N–H and O–H groups in total. The normalized spacial score (nSPS) is 10.5. The predicted octanol–water partition coefficient (Wildman–Crippen LogP) is 0.366. The fourth-order valence-corrected chi connectivity index (χ4v) is 2.36. The maximum Gasteiger partial charge on any atom is 1.00 e. The summed E-state index contributed by atoms with van der Waals surface area (Å²) < 4.78 is 29.4. The molecule has 0 spiro atoms. The first-order valence-corrected chi connectivity index (χ1v) is 9.28. The van der Waals surface area contributed by atoms with E-state index < -0.39 is 15.9 Å². The molecule has 0 aromatic rings. The van der Waals surface area contributed by atoms with E-state index >= 15 is 0 Å². The summed E-state index contributed by atoms with van der Waals surface area (Å²) in [6, 6.07) is 0. The van der Waals surface area contributed by atoms with E-state index in [1.807, 2.05) is 0 Å². The van der Waals surface area contributed by atoms with E-state index in [2.05, 4.69) is 12.2 Å². The Balaban J connectivity index is -0.00000180. The van der Waals surface area contributed by atoms with E-state index in [9.17, 15) is 13.2 Å². The summed E-state index contributed by atoms with van der Waals surface area (Å²) in [5.41, 5.74) is 0. The standard InChI is InChI=1S/C14H29NO4S.CH3.Na/c1-2-3-4-5-6-7-8-9-10-11-14(16)15-12-13-20(17,18)19;;/h2-13H2,1H3,(H,15,16)(H,17,18,19);1H3;/q;-1;+1. The maximum atomic E-state index is 11.3. The molecule has 22 heavy (non-hydrogen) atoms. The van der Waals surface area contributed by atoms with Gasteiger partial charge in [0.2, 0.25) is 5.91 Å². The van der Waals surface area contributed by atoms with Gasteiger partial charge in [0.25, 0.3) is 10.1 Å². The minimum atomic E-state index is -3.98. The predicted molar refractivity (Wildman–Crippen MR) is 87.7 cm³/mol. The molecular formula is C15H32NNaO4S. The minimum Gasteiger partial charge on any atom is -0.358 e. The Kier molecular flexibility index (Phi) is 22.0. The topological polar surface area (TPSA) is 83.5 Å². The van der Waals surface area contributed by atoms with Crippen LogP contribution in [-0.4, -0.2) is 31.2 Å². The average molecular weight is 345 g/mol. The van der Waals surface area contributed by atoms with Crippen molar-refractivity contribution in [1.29, 1.82) is 0 Å². The number of unbranched alkanes of at least 4 members (excludes halogenated alkanes) is 8. The van der Waals surface area contributed by atoms with Gasteiger partial charge in [0.15, 0.2) is 0 Å². The van der Waals surface area contributed by atoms with Crippen molar-refractivity contribution in [3.8, 4) is 0 Å². The molecule has 0 saturated heterocycles. The van der Waals surface area contributed by atoms with Crippen LogP contribution in [0.3, 0.4) is 0 Å². The van der Waals surface area contributed by atoms with Crippen LogP contribution in [0.4, 0.5) is 0 Å². The van der Waals surface area contributed by atoms with Crippen LogP contribution in [0.1, 0.15) is 71.1 Å². The van der Waals surface area contributed by atoms with Gasteiger partial charge in [0.05, 0.1) is 5.75 Å². The maximum absolute atomic E-state index is 11.3. The Bertz CT molecular complexity index is 347. The first-order valence-electron chi connectivity index (χ1n) is 7.67. The van der Waals surface area contributed by atoms with Gasteiger partial charge in [-0.3, -0.25) is 9.35 Å². The second-order valence-electron chi connectivity index (χ2n) is 5.21. The van der Waals surface area contributed by atoms with Crippen LogP contribution >= 0.6 is 0 Å². The summed E-state index contributed by atoms with van der Waals surface area (Å²) in [7, 11) is -3.98. The van der Waals surface area contributed by atoms with Gasteiger partial charge in [0.1, 0.15) is 0 Å². The smallest absolute Gasteiger partial charge is 0.358 e. The van der Waals surface area contributed by atoms with Crippen molar-refractivity contribution >= 4 is 16.0 Å². The van der Waals surface area contributed by atoms with Gasteiger partial charge in [0, 0.05) is 13.0 Å². The molecule has 0 radical (unpaired) electrons. The number of rotatable bonds is 13. The fraction of sp³-hybridized carbons (Fsp3) is 0.867. The Hall–Kier alpha value is 0.380. The van der Waals surface area contributed by atoms with E-state index in [0.717, 1.165) is 19.3 Å². The van der Waals surface area contributed by atoms with Crippen molar-refractivity contribution in [2.45, 2.75) is 71.1 Å². The molecule has 0 bridgehead atoms. The molecule has 0 aliphatic rings. The molecule has 0 unspecified atom stereocenters. The summed E-state index contributed by atoms with van der Waals surface area (Å²) in [6.45, 7) is 2.19. The van der Waals surface area contributed by atoms with Crippen molar-refractivity contribution < 1.29 is 47.3 Å². The zero-order valence-corrected chi connectivity index (χ0v) is 17.4. The SMILES string of the molecule is CCCCCCCCCCCC(=O)NCCS(=O)(=O)O.[CH3-].[Na+]. The average Bonchev–Trinajstić information content (AvgIpc) is 2.35. The molecule has 1 amide bonds. The van der Waals surface area contributed by atoms with Crippen molar-refractivity contribution in [3.05, 3.63) is 7.43 Å². The first-order chi connectivity index (χ1) is 9.45. The second kappa shape index (κ2) is 17.7. The monoisotopic (exact) mass is 345 g/mol. The largest absolute Gasteiger partial charge is 1.00 e. The quantitative estimate of drug-likeness (QED) is 0.219. The van der Waals surface area contributed by atoms with Gasteiger partial charge >= 0.3 is 29.6 Å². The number of carbonyl (C=O) groups is 1. The molecule has 0 aliphatic carbocycles. The van der Waals surface area contributed by atoms with Gasteiger partial charge in [-0.1, -0.05) is 58.3 Å². The van der Waals surface area contributed by atoms with Crippen LogP contribution in [0, 0.1) is 7.43 Å². The molecule has 0 saturated carbocycles. The Labute approximate surface area is 159 Å². The number of hydrogen-bond donors (Lipinski definition) is 2. The first kappa shape index (κ1) is 27.2. The van der Waals surface area contributed by atoms with Gasteiger partial charge in [-0.2, -0.15) is 8.42 Å². The van der Waals surface area contributed by atoms with E-state index in [4.69, 9.17) is 4.55 Å². The minimum absolute atomic E-state index is 0. The van der Waals surface area contributed by atoms with E-state index in [1.54, 1.807) is 0 Å². The zero-order chi connectivity index (χ0) is 15.3. The van der Waals surface area contributed by atoms with E-state index in [1.165, 1.54) is 38.5 Å². The van der Waals surface area contributed by atoms with Crippen LogP contribution < -0.4 is 34.9 Å². The Morgan fingerprint density at radius 2 is 1.41 bits per heavy atom. The van der Waals surface area contributed by atoms with Crippen LogP contribution in [0.2, 0.25) is 0 Å². The van der Waals surface area contributed by atoms with Gasteiger partial charge in [-0.25, -0.2) is 0 Å². The third kappa shape index (κ3) is 22.7. The van der Waals surface area contributed by atoms with Crippen LogP contribution in [0.25, 0.3) is 0 Å². The number of hydrogen-bond acceptors (Lipinski definition) is 3. The number of carbonyl (C=O) groups excluding carboxylic acids is 1.